The summed E-state index contributed by atoms with van der Waals surface area (Å²) in [5.41, 5.74) is 2.12. The normalized spacial score (nSPS) is 13.6. The summed E-state index contributed by atoms with van der Waals surface area (Å²) in [5.74, 6) is 1.34. The van der Waals surface area contributed by atoms with Crippen LogP contribution in [0.5, 0.6) is 0 Å². The Morgan fingerprint density at radius 2 is 2.07 bits per heavy atom. The summed E-state index contributed by atoms with van der Waals surface area (Å²) in [7, 11) is 2.03. The second-order valence-electron chi connectivity index (χ2n) is 7.08. The first-order valence-electron chi connectivity index (χ1n) is 9.26. The molecule has 1 aromatic heterocycles. The van der Waals surface area contributed by atoms with Gasteiger partial charge in [0.1, 0.15) is 11.6 Å². The van der Waals surface area contributed by atoms with E-state index in [2.05, 4.69) is 15.6 Å². The second kappa shape index (κ2) is 10.4. The molecule has 1 aliphatic rings. The van der Waals surface area contributed by atoms with E-state index in [1.54, 1.807) is 6.07 Å². The summed E-state index contributed by atoms with van der Waals surface area (Å²) in [4.78, 5) is 15.1. The summed E-state index contributed by atoms with van der Waals surface area (Å²) < 4.78 is 13.1. The third-order valence-corrected chi connectivity index (χ3v) is 4.92. The molecule has 2 aromatic rings. The van der Waals surface area contributed by atoms with Gasteiger partial charge in [0, 0.05) is 17.4 Å². The number of benzene rings is 1. The summed E-state index contributed by atoms with van der Waals surface area (Å²) in [6, 6.07) is 6.16. The summed E-state index contributed by atoms with van der Waals surface area (Å²) in [5, 5.41) is 6.26. The SMILES string of the molecule is CC(C)c1cc(Nc2ccc(F)c(Cl)c2)ncc1C=O.CNCC1CCC1. The van der Waals surface area contributed by atoms with Gasteiger partial charge in [0.25, 0.3) is 0 Å². The van der Waals surface area contributed by atoms with Gasteiger partial charge >= 0.3 is 0 Å². The molecule has 146 valence electrons. The van der Waals surface area contributed by atoms with Crippen LogP contribution >= 0.6 is 11.6 Å². The Balaban J connectivity index is 0.000000313. The Bertz CT molecular complexity index is 763. The van der Waals surface area contributed by atoms with E-state index in [1.807, 2.05) is 27.0 Å². The fraction of sp³-hybridized carbons (Fsp3) is 0.429. The molecule has 0 saturated heterocycles. The van der Waals surface area contributed by atoms with Crippen LogP contribution in [0, 0.1) is 11.7 Å². The first-order valence-corrected chi connectivity index (χ1v) is 9.64. The molecule has 27 heavy (non-hydrogen) atoms. The van der Waals surface area contributed by atoms with E-state index in [0.29, 0.717) is 17.1 Å². The van der Waals surface area contributed by atoms with E-state index in [4.69, 9.17) is 11.6 Å². The number of hydrogen-bond acceptors (Lipinski definition) is 4. The number of anilines is 2. The highest BCUT2D eigenvalue weighted by Gasteiger charge is 2.15. The molecule has 2 N–H and O–H groups in total. The number of aldehydes is 1. The molecule has 1 fully saturated rings. The van der Waals surface area contributed by atoms with Crippen molar-refractivity contribution in [1.29, 1.82) is 0 Å². The maximum Gasteiger partial charge on any atom is 0.151 e. The van der Waals surface area contributed by atoms with Crippen LogP contribution in [0.4, 0.5) is 15.9 Å². The van der Waals surface area contributed by atoms with Crippen LogP contribution in [0.15, 0.2) is 30.5 Å². The average Bonchev–Trinajstić information content (AvgIpc) is 2.62. The molecule has 6 heteroatoms. The summed E-state index contributed by atoms with van der Waals surface area (Å²) in [6.45, 7) is 5.24. The van der Waals surface area contributed by atoms with Crippen molar-refractivity contribution in [2.75, 3.05) is 18.9 Å². The van der Waals surface area contributed by atoms with Gasteiger partial charge in [0.05, 0.1) is 5.02 Å². The lowest BCUT2D eigenvalue weighted by Gasteiger charge is -2.24. The average molecular weight is 392 g/mol. The number of rotatable bonds is 6. The van der Waals surface area contributed by atoms with Crippen LogP contribution in [0.1, 0.15) is 54.9 Å². The molecule has 0 bridgehead atoms. The lowest BCUT2D eigenvalue weighted by Crippen LogP contribution is -2.24. The van der Waals surface area contributed by atoms with E-state index >= 15 is 0 Å². The number of halogens is 2. The largest absolute Gasteiger partial charge is 0.340 e. The lowest BCUT2D eigenvalue weighted by atomic mass is 9.86. The quantitative estimate of drug-likeness (QED) is 0.633. The first-order chi connectivity index (χ1) is 12.9. The van der Waals surface area contributed by atoms with E-state index in [9.17, 15) is 9.18 Å². The molecular formula is C21H27ClFN3O. The van der Waals surface area contributed by atoms with Gasteiger partial charge in [-0.25, -0.2) is 9.37 Å². The molecule has 0 radical (unpaired) electrons. The minimum Gasteiger partial charge on any atom is -0.340 e. The van der Waals surface area contributed by atoms with E-state index < -0.39 is 5.82 Å². The molecule has 0 unspecified atom stereocenters. The van der Waals surface area contributed by atoms with Crippen LogP contribution < -0.4 is 10.6 Å². The lowest BCUT2D eigenvalue weighted by molar-refractivity contribution is 0.112. The highest BCUT2D eigenvalue weighted by Crippen LogP contribution is 2.25. The summed E-state index contributed by atoms with van der Waals surface area (Å²) in [6.07, 6.45) is 6.70. The highest BCUT2D eigenvalue weighted by atomic mass is 35.5. The fourth-order valence-corrected chi connectivity index (χ4v) is 3.04. The van der Waals surface area contributed by atoms with Crippen LogP contribution in [-0.2, 0) is 0 Å². The van der Waals surface area contributed by atoms with Crippen LogP contribution in [0.25, 0.3) is 0 Å². The maximum atomic E-state index is 13.1. The molecule has 0 amide bonds. The van der Waals surface area contributed by atoms with E-state index in [-0.39, 0.29) is 10.9 Å². The number of hydrogen-bond donors (Lipinski definition) is 2. The predicted octanol–water partition coefficient (Wildman–Crippen LogP) is 5.56. The first kappa shape index (κ1) is 21.3. The minimum atomic E-state index is -0.468. The zero-order valence-corrected chi connectivity index (χ0v) is 16.8. The minimum absolute atomic E-state index is 0.0450. The van der Waals surface area contributed by atoms with Crippen molar-refractivity contribution < 1.29 is 9.18 Å². The number of carbonyl (C=O) groups is 1. The molecular weight excluding hydrogens is 365 g/mol. The van der Waals surface area contributed by atoms with Crippen molar-refractivity contribution in [2.45, 2.75) is 39.0 Å². The van der Waals surface area contributed by atoms with Crippen LogP contribution in [0.3, 0.4) is 0 Å². The molecule has 4 nitrogen and oxygen atoms in total. The van der Waals surface area contributed by atoms with Crippen molar-refractivity contribution in [3.8, 4) is 0 Å². The van der Waals surface area contributed by atoms with Crippen LogP contribution in [-0.4, -0.2) is 24.9 Å². The van der Waals surface area contributed by atoms with Gasteiger partial charge in [-0.1, -0.05) is 31.9 Å². The molecule has 0 spiro atoms. The van der Waals surface area contributed by atoms with Gasteiger partial charge in [0.15, 0.2) is 6.29 Å². The Morgan fingerprint density at radius 3 is 2.56 bits per heavy atom. The monoisotopic (exact) mass is 391 g/mol. The molecule has 1 heterocycles. The highest BCUT2D eigenvalue weighted by molar-refractivity contribution is 6.31. The van der Waals surface area contributed by atoms with Gasteiger partial charge in [-0.15, -0.1) is 0 Å². The third-order valence-electron chi connectivity index (χ3n) is 4.63. The van der Waals surface area contributed by atoms with Gasteiger partial charge < -0.3 is 10.6 Å². The van der Waals surface area contributed by atoms with Gasteiger partial charge in [-0.3, -0.25) is 4.79 Å². The molecule has 3 rings (SSSR count). The number of pyridine rings is 1. The van der Waals surface area contributed by atoms with Gasteiger partial charge in [-0.2, -0.15) is 0 Å². The second-order valence-corrected chi connectivity index (χ2v) is 7.49. The summed E-state index contributed by atoms with van der Waals surface area (Å²) >= 11 is 5.73. The predicted molar refractivity (Wildman–Crippen MR) is 110 cm³/mol. The van der Waals surface area contributed by atoms with E-state index in [0.717, 1.165) is 17.8 Å². The Morgan fingerprint density at radius 1 is 1.33 bits per heavy atom. The Labute approximate surface area is 165 Å². The smallest absolute Gasteiger partial charge is 0.151 e. The Hall–Kier alpha value is -1.98. The Kier molecular flexibility index (Phi) is 8.20. The molecule has 0 aliphatic heterocycles. The molecule has 0 atom stereocenters. The van der Waals surface area contributed by atoms with Crippen LogP contribution in [0.2, 0.25) is 5.02 Å². The molecule has 1 aliphatic carbocycles. The van der Waals surface area contributed by atoms with Gasteiger partial charge in [0.2, 0.25) is 0 Å². The van der Waals surface area contributed by atoms with Crippen molar-refractivity contribution in [3.63, 3.8) is 0 Å². The van der Waals surface area contributed by atoms with Crippen molar-refractivity contribution >= 4 is 29.4 Å². The zero-order valence-electron chi connectivity index (χ0n) is 16.1. The van der Waals surface area contributed by atoms with Crippen molar-refractivity contribution in [2.24, 2.45) is 5.92 Å². The standard InChI is InChI=1S/C15H14ClFN2O.C6H13N/c1-9(2)12-6-15(18-7-10(12)8-20)19-11-3-4-14(17)13(16)5-11;1-7-5-6-3-2-4-6/h3-9H,1-2H3,(H,18,19);6-7H,2-5H2,1H3. The van der Waals surface area contributed by atoms with Crippen molar-refractivity contribution in [3.05, 3.63) is 52.4 Å². The number of nitrogens with one attached hydrogen (secondary N) is 2. The number of carbonyl (C=O) groups excluding carboxylic acids is 1. The fourth-order valence-electron chi connectivity index (χ4n) is 2.86. The molecule has 1 saturated carbocycles. The third kappa shape index (κ3) is 6.29. The zero-order chi connectivity index (χ0) is 19.8. The number of nitrogens with zero attached hydrogens (tertiary/aromatic N) is 1. The van der Waals surface area contributed by atoms with E-state index in [1.165, 1.54) is 44.1 Å². The maximum absolute atomic E-state index is 13.1. The van der Waals surface area contributed by atoms with Crippen molar-refractivity contribution in [1.82, 2.24) is 10.3 Å². The molecule has 1 aromatic carbocycles. The van der Waals surface area contributed by atoms with Gasteiger partial charge in [-0.05, 0) is 68.1 Å². The topological polar surface area (TPSA) is 54.0 Å². The number of aromatic nitrogens is 1.